The highest BCUT2D eigenvalue weighted by Crippen LogP contribution is 2.61. The highest BCUT2D eigenvalue weighted by Gasteiger charge is 2.71. The van der Waals surface area contributed by atoms with Crippen LogP contribution in [0.3, 0.4) is 0 Å². The first-order valence-corrected chi connectivity index (χ1v) is 5.57. The van der Waals surface area contributed by atoms with Gasteiger partial charge in [-0.05, 0) is 30.2 Å². The molecule has 0 saturated heterocycles. The molecule has 0 aromatic heterocycles. The predicted octanol–water partition coefficient (Wildman–Crippen LogP) is 2.99. The zero-order valence-electron chi connectivity index (χ0n) is 8.36. The maximum Gasteiger partial charge on any atom is 0.260 e. The topological polar surface area (TPSA) is 26.0 Å². The van der Waals surface area contributed by atoms with Gasteiger partial charge in [0.15, 0.2) is 0 Å². The lowest BCUT2D eigenvalue weighted by Crippen LogP contribution is -2.27. The molecule has 0 spiro atoms. The molecule has 1 aromatic rings. The van der Waals surface area contributed by atoms with Gasteiger partial charge in [-0.2, -0.15) is 0 Å². The average Bonchev–Trinajstić information content (AvgIpc) is 2.69. The molecule has 2 N–H and O–H groups in total. The van der Waals surface area contributed by atoms with Crippen LogP contribution in [0.2, 0.25) is 0 Å². The molecule has 1 atom stereocenters. The maximum absolute atomic E-state index is 13.3. The summed E-state index contributed by atoms with van der Waals surface area (Å²) >= 11 is 3.32. The van der Waals surface area contributed by atoms with Crippen molar-refractivity contribution in [3.05, 3.63) is 33.8 Å². The fourth-order valence-electron chi connectivity index (χ4n) is 2.12. The summed E-state index contributed by atoms with van der Waals surface area (Å²) in [5.41, 5.74) is 5.92. The van der Waals surface area contributed by atoms with Crippen molar-refractivity contribution in [2.24, 2.45) is 5.73 Å². The summed E-state index contributed by atoms with van der Waals surface area (Å²) in [4.78, 5) is 0. The second kappa shape index (κ2) is 3.25. The Labute approximate surface area is 95.8 Å². The van der Waals surface area contributed by atoms with Crippen LogP contribution < -0.4 is 5.73 Å². The summed E-state index contributed by atoms with van der Waals surface area (Å²) in [7, 11) is 0. The molecule has 1 saturated carbocycles. The van der Waals surface area contributed by atoms with Gasteiger partial charge in [0.05, 0.1) is 5.41 Å². The first-order chi connectivity index (χ1) is 6.93. The van der Waals surface area contributed by atoms with E-state index in [4.69, 9.17) is 5.73 Å². The summed E-state index contributed by atoms with van der Waals surface area (Å²) in [6, 6.07) is 5.38. The molecule has 1 aromatic carbocycles. The molecule has 15 heavy (non-hydrogen) atoms. The normalized spacial score (nSPS) is 27.8. The zero-order chi connectivity index (χ0) is 11.3. The minimum Gasteiger partial charge on any atom is -0.329 e. The molecule has 0 bridgehead atoms. The molecule has 1 unspecified atom stereocenters. The smallest absolute Gasteiger partial charge is 0.260 e. The monoisotopic (exact) mass is 275 g/mol. The quantitative estimate of drug-likeness (QED) is 0.882. The molecular weight excluding hydrogens is 264 g/mol. The summed E-state index contributed by atoms with van der Waals surface area (Å²) in [6.07, 6.45) is -0.126. The van der Waals surface area contributed by atoms with Crippen molar-refractivity contribution in [1.29, 1.82) is 0 Å². The molecule has 0 amide bonds. The number of rotatable bonds is 2. The van der Waals surface area contributed by atoms with Crippen LogP contribution in [0.5, 0.6) is 0 Å². The van der Waals surface area contributed by atoms with E-state index in [1.54, 1.807) is 12.1 Å². The molecule has 1 fully saturated rings. The van der Waals surface area contributed by atoms with Crippen LogP contribution in [0.1, 0.15) is 17.5 Å². The van der Waals surface area contributed by atoms with Gasteiger partial charge >= 0.3 is 0 Å². The molecule has 4 heteroatoms. The Morgan fingerprint density at radius 2 is 2.07 bits per heavy atom. The van der Waals surface area contributed by atoms with Crippen molar-refractivity contribution in [2.45, 2.75) is 24.7 Å². The molecule has 1 aliphatic carbocycles. The molecule has 0 aliphatic heterocycles. The van der Waals surface area contributed by atoms with Crippen molar-refractivity contribution in [1.82, 2.24) is 0 Å². The number of nitrogens with two attached hydrogens (primary N) is 1. The van der Waals surface area contributed by atoms with Crippen LogP contribution in [0.15, 0.2) is 22.7 Å². The number of hydrogen-bond donors (Lipinski definition) is 1. The fourth-order valence-corrected chi connectivity index (χ4v) is 2.60. The lowest BCUT2D eigenvalue weighted by atomic mass is 9.91. The molecule has 1 nitrogen and oxygen atoms in total. The van der Waals surface area contributed by atoms with E-state index >= 15 is 0 Å². The van der Waals surface area contributed by atoms with Crippen LogP contribution in [0.25, 0.3) is 0 Å². The minimum atomic E-state index is -2.64. The Morgan fingerprint density at radius 1 is 1.47 bits per heavy atom. The van der Waals surface area contributed by atoms with E-state index in [2.05, 4.69) is 15.9 Å². The van der Waals surface area contributed by atoms with Gasteiger partial charge in [0.1, 0.15) is 0 Å². The first kappa shape index (κ1) is 11.0. The highest BCUT2D eigenvalue weighted by molar-refractivity contribution is 9.10. The lowest BCUT2D eigenvalue weighted by Gasteiger charge is -2.17. The third kappa shape index (κ3) is 1.51. The predicted molar refractivity (Wildman–Crippen MR) is 59.2 cm³/mol. The van der Waals surface area contributed by atoms with Gasteiger partial charge in [-0.3, -0.25) is 0 Å². The van der Waals surface area contributed by atoms with Gasteiger partial charge < -0.3 is 5.73 Å². The Hall–Kier alpha value is -0.480. The van der Waals surface area contributed by atoms with E-state index in [-0.39, 0.29) is 13.0 Å². The molecule has 0 radical (unpaired) electrons. The second-order valence-electron chi connectivity index (χ2n) is 4.13. The maximum atomic E-state index is 13.3. The van der Waals surface area contributed by atoms with Crippen molar-refractivity contribution < 1.29 is 8.78 Å². The third-order valence-corrected chi connectivity index (χ3v) is 3.64. The number of benzene rings is 1. The standard InChI is InChI=1S/C11H12BrF2N/c1-7-4-8(12)2-3-9(7)10(6-15)5-11(10,13)14/h2-4H,5-6,15H2,1H3. The number of aryl methyl sites for hydroxylation is 1. The number of halogens is 3. The summed E-state index contributed by atoms with van der Waals surface area (Å²) in [5.74, 6) is -2.64. The van der Waals surface area contributed by atoms with Crippen LogP contribution in [0.4, 0.5) is 8.78 Å². The number of hydrogen-bond acceptors (Lipinski definition) is 1. The Kier molecular flexibility index (Phi) is 2.39. The summed E-state index contributed by atoms with van der Waals surface area (Å²) < 4.78 is 27.6. The van der Waals surface area contributed by atoms with E-state index in [0.29, 0.717) is 5.56 Å². The minimum absolute atomic E-state index is 0.00245. The fraction of sp³-hybridized carbons (Fsp3) is 0.455. The zero-order valence-corrected chi connectivity index (χ0v) is 9.94. The van der Waals surface area contributed by atoms with E-state index in [1.165, 1.54) is 0 Å². The highest BCUT2D eigenvalue weighted by atomic mass is 79.9. The van der Waals surface area contributed by atoms with Crippen molar-refractivity contribution in [3.8, 4) is 0 Å². The van der Waals surface area contributed by atoms with Crippen LogP contribution >= 0.6 is 15.9 Å². The molecule has 82 valence electrons. The van der Waals surface area contributed by atoms with E-state index in [9.17, 15) is 8.78 Å². The largest absolute Gasteiger partial charge is 0.329 e. The number of alkyl halides is 2. The Morgan fingerprint density at radius 3 is 2.47 bits per heavy atom. The molecule has 1 aliphatic rings. The summed E-state index contributed by atoms with van der Waals surface area (Å²) in [5, 5.41) is 0. The van der Waals surface area contributed by atoms with Crippen molar-refractivity contribution in [2.75, 3.05) is 6.54 Å². The molecule has 0 heterocycles. The van der Waals surface area contributed by atoms with Crippen LogP contribution in [-0.4, -0.2) is 12.5 Å². The SMILES string of the molecule is Cc1cc(Br)ccc1C1(CN)CC1(F)F. The summed E-state index contributed by atoms with van der Waals surface area (Å²) in [6.45, 7) is 1.84. The van der Waals surface area contributed by atoms with Gasteiger partial charge in [-0.15, -0.1) is 0 Å². The van der Waals surface area contributed by atoms with Gasteiger partial charge in [-0.1, -0.05) is 22.0 Å². The Bertz CT molecular complexity index is 406. The second-order valence-corrected chi connectivity index (χ2v) is 5.04. The average molecular weight is 276 g/mol. The lowest BCUT2D eigenvalue weighted by molar-refractivity contribution is 0.0894. The van der Waals surface area contributed by atoms with Crippen LogP contribution in [-0.2, 0) is 5.41 Å². The van der Waals surface area contributed by atoms with E-state index < -0.39 is 11.3 Å². The van der Waals surface area contributed by atoms with Crippen molar-refractivity contribution >= 4 is 15.9 Å². The van der Waals surface area contributed by atoms with Gasteiger partial charge in [-0.25, -0.2) is 8.78 Å². The van der Waals surface area contributed by atoms with Gasteiger partial charge in [0, 0.05) is 17.4 Å². The van der Waals surface area contributed by atoms with Crippen molar-refractivity contribution in [3.63, 3.8) is 0 Å². The Balaban J connectivity index is 2.46. The third-order valence-electron chi connectivity index (χ3n) is 3.15. The first-order valence-electron chi connectivity index (χ1n) is 4.77. The van der Waals surface area contributed by atoms with Gasteiger partial charge in [0.2, 0.25) is 0 Å². The molecule has 2 rings (SSSR count). The van der Waals surface area contributed by atoms with E-state index in [0.717, 1.165) is 10.0 Å². The van der Waals surface area contributed by atoms with E-state index in [1.807, 2.05) is 13.0 Å². The van der Waals surface area contributed by atoms with Gasteiger partial charge in [0.25, 0.3) is 5.92 Å². The van der Waals surface area contributed by atoms with Crippen LogP contribution in [0, 0.1) is 6.92 Å². The molecular formula is C11H12BrF2N.